The maximum atomic E-state index is 12.3. The van der Waals surface area contributed by atoms with Crippen LogP contribution in [0.3, 0.4) is 0 Å². The summed E-state index contributed by atoms with van der Waals surface area (Å²) in [6.07, 6.45) is 18.9. The van der Waals surface area contributed by atoms with Crippen molar-refractivity contribution in [1.29, 1.82) is 0 Å². The number of hydrogen-bond acceptors (Lipinski definition) is 15. The summed E-state index contributed by atoms with van der Waals surface area (Å²) in [5.74, 6) is 3.14. The zero-order valence-corrected chi connectivity index (χ0v) is 59.7. The highest BCUT2D eigenvalue weighted by Gasteiger charge is 2.49. The minimum atomic E-state index is -0.0613. The van der Waals surface area contributed by atoms with Crippen molar-refractivity contribution < 1.29 is 23.8 Å². The Balaban J connectivity index is 0.000000172. The Morgan fingerprint density at radius 2 is 1.37 bits per heavy atom. The number of likely N-dealkylation sites (N-methyl/N-ethyl adjacent to an activating group) is 1. The maximum Gasteiger partial charge on any atom is 0.319 e. The molecule has 6 aliphatic rings. The average molecular weight is 1390 g/mol. The molecule has 8 atom stereocenters. The number of likely N-dealkylation sites (tertiary alicyclic amines) is 2. The first-order chi connectivity index (χ1) is 43.3. The Hall–Kier alpha value is -5.68. The summed E-state index contributed by atoms with van der Waals surface area (Å²) in [7, 11) is 16.2. The van der Waals surface area contributed by atoms with Crippen LogP contribution in [0.2, 0.25) is 0 Å². The number of anilines is 2. The van der Waals surface area contributed by atoms with Crippen molar-refractivity contribution in [3.63, 3.8) is 0 Å². The predicted molar refractivity (Wildman–Crippen MR) is 384 cm³/mol. The molecule has 6 fully saturated rings. The second-order valence-electron chi connectivity index (χ2n) is 25.1. The van der Waals surface area contributed by atoms with Gasteiger partial charge in [-0.15, -0.1) is 9.24 Å². The van der Waals surface area contributed by atoms with Crippen molar-refractivity contribution in [1.82, 2.24) is 54.1 Å². The molecular formula is C68H91IN13O5P3. The summed E-state index contributed by atoms with van der Waals surface area (Å²) >= 11 is 2.58. The van der Waals surface area contributed by atoms with Crippen LogP contribution in [-0.2, 0) is 16.6 Å². The number of fused-ring (bicyclic) bond motifs is 5. The lowest BCUT2D eigenvalue weighted by Crippen LogP contribution is -2.43. The number of rotatable bonds is 15. The van der Waals surface area contributed by atoms with E-state index < -0.39 is 0 Å². The van der Waals surface area contributed by atoms with Gasteiger partial charge in [0.15, 0.2) is 0 Å². The Morgan fingerprint density at radius 3 is 2.03 bits per heavy atom. The van der Waals surface area contributed by atoms with Crippen molar-refractivity contribution >= 4 is 112 Å². The number of alkyl halides is 1. The fraction of sp³-hybridized carbons (Fsp3) is 0.500. The van der Waals surface area contributed by atoms with Gasteiger partial charge < -0.3 is 38.4 Å². The summed E-state index contributed by atoms with van der Waals surface area (Å²) in [6.45, 7) is 26.6. The number of benzene rings is 2. The Labute approximate surface area is 552 Å². The molecule has 0 radical (unpaired) electrons. The van der Waals surface area contributed by atoms with Gasteiger partial charge in [0.2, 0.25) is 11.8 Å². The molecule has 5 aromatic heterocycles. The molecule has 7 aromatic rings. The molecular weight excluding hydrogens is 1300 g/mol. The van der Waals surface area contributed by atoms with E-state index in [2.05, 4.69) is 154 Å². The number of ether oxygens (including phenoxy) is 3. The summed E-state index contributed by atoms with van der Waals surface area (Å²) < 4.78 is 21.6. The highest BCUT2D eigenvalue weighted by atomic mass is 127. The topological polar surface area (TPSA) is 164 Å². The second kappa shape index (κ2) is 29.1. The molecule has 90 heavy (non-hydrogen) atoms. The Kier molecular flexibility index (Phi) is 21.7. The van der Waals surface area contributed by atoms with Crippen LogP contribution in [0.15, 0.2) is 86.4 Å². The molecule has 0 N–H and O–H groups in total. The lowest BCUT2D eigenvalue weighted by Gasteiger charge is -2.31. The number of hydrogen-bond donors (Lipinski definition) is 0. The molecule has 0 saturated carbocycles. The largest absolute Gasteiger partial charge is 0.483 e. The molecule has 0 bridgehead atoms. The molecule has 480 valence electrons. The quantitative estimate of drug-likeness (QED) is 0.0412. The van der Waals surface area contributed by atoms with Gasteiger partial charge in [0.05, 0.1) is 44.3 Å². The normalized spacial score (nSPS) is 22.0. The first-order valence-corrected chi connectivity index (χ1v) is 35.0. The fourth-order valence-corrected chi connectivity index (χ4v) is 16.4. The molecule has 11 heterocycles. The molecule has 13 rings (SSSR count). The van der Waals surface area contributed by atoms with E-state index in [1.54, 1.807) is 0 Å². The maximum absolute atomic E-state index is 12.3. The van der Waals surface area contributed by atoms with Crippen LogP contribution < -0.4 is 29.3 Å². The van der Waals surface area contributed by atoms with Crippen LogP contribution in [0.5, 0.6) is 17.8 Å². The Morgan fingerprint density at radius 1 is 0.744 bits per heavy atom. The number of aromatic nitrogens is 7. The summed E-state index contributed by atoms with van der Waals surface area (Å²) in [5, 5.41) is 3.87. The van der Waals surface area contributed by atoms with Gasteiger partial charge >= 0.3 is 12.0 Å². The van der Waals surface area contributed by atoms with Crippen LogP contribution in [0.1, 0.15) is 89.7 Å². The van der Waals surface area contributed by atoms with Gasteiger partial charge in [-0.3, -0.25) is 29.4 Å². The molecule has 6 saturated heterocycles. The van der Waals surface area contributed by atoms with Crippen molar-refractivity contribution in [2.24, 2.45) is 13.0 Å². The van der Waals surface area contributed by atoms with E-state index in [9.17, 15) is 9.59 Å². The van der Waals surface area contributed by atoms with E-state index in [1.807, 2.05) is 67.2 Å². The number of halogens is 1. The van der Waals surface area contributed by atoms with E-state index in [4.69, 9.17) is 44.1 Å². The van der Waals surface area contributed by atoms with Gasteiger partial charge in [-0.1, -0.05) is 93.2 Å². The summed E-state index contributed by atoms with van der Waals surface area (Å²) in [6, 6.07) is 15.5. The van der Waals surface area contributed by atoms with Crippen molar-refractivity contribution in [2.75, 3.05) is 96.5 Å². The van der Waals surface area contributed by atoms with Gasteiger partial charge in [0.25, 0.3) is 0 Å². The van der Waals surface area contributed by atoms with Gasteiger partial charge in [-0.05, 0) is 133 Å². The molecule has 7 unspecified atom stereocenters. The van der Waals surface area contributed by atoms with Gasteiger partial charge in [0.1, 0.15) is 36.2 Å². The molecule has 0 spiro atoms. The number of carbonyl (C=O) groups excluding carboxylic acids is 2. The summed E-state index contributed by atoms with van der Waals surface area (Å²) in [5.41, 5.74) is 8.96. The highest BCUT2D eigenvalue weighted by Crippen LogP contribution is 2.44. The fourth-order valence-electron chi connectivity index (χ4n) is 14.4. The van der Waals surface area contributed by atoms with Gasteiger partial charge in [-0.25, -0.2) is 0 Å². The smallest absolute Gasteiger partial charge is 0.319 e. The molecule has 2 amide bonds. The standard InChI is InChI=1S/C33H38IN7O2.C26H36N5O2P3.C7H11NO.C2H6/c1-5-28(42)40-15-10-23(19-40)39(4)31-26-17-35-29(25-8-6-9-27-24(25)11-14-38(27)3)21(2)30(26)36-32(37-31)43-20-33-12-7-13-41(33)18-22(34)16-33;1-15-11-26(8-5-9-31(26)13-15)14-32-24-28-21-19(23(29-24)30(3)4)12-27-20(22(21)34)18-10-17(33-25(35)36)7-6-16(18)2;1-2-7(9)8-5-3-4-6-8;1-2/h5-6,8-9,11,14,17,22-23H,1,7,10,12-13,15-16,18-20H2,2-4H3;6-7,10,12,15,25H,5,8-9,11,13-14,34-36H2,1-4H3;2H,1,3-6H2;1-2H3/t;15?,26-;;/m.0../s1. The third kappa shape index (κ3) is 14.1. The zero-order chi connectivity index (χ0) is 64.2. The third-order valence-corrected chi connectivity index (χ3v) is 20.5. The zero-order valence-electron chi connectivity index (χ0n) is 54.1. The monoisotopic (exact) mass is 1390 g/mol. The number of nitrogens with zero attached hydrogens (tertiary/aromatic N) is 13. The van der Waals surface area contributed by atoms with Crippen molar-refractivity contribution in [2.45, 2.75) is 119 Å². The van der Waals surface area contributed by atoms with Crippen LogP contribution in [0.4, 0.5) is 11.6 Å². The highest BCUT2D eigenvalue weighted by molar-refractivity contribution is 14.1. The first-order valence-electron chi connectivity index (χ1n) is 31.9. The minimum absolute atomic E-state index is 0.0322. The number of aryl methyl sites for hydroxylation is 3. The predicted octanol–water partition coefficient (Wildman–Crippen LogP) is 11.2. The molecule has 2 aromatic carbocycles. The van der Waals surface area contributed by atoms with E-state index in [-0.39, 0.29) is 34.5 Å². The number of pyridine rings is 2. The molecule has 22 heteroatoms. The lowest BCUT2D eigenvalue weighted by atomic mass is 9.92. The molecule has 6 aliphatic heterocycles. The van der Waals surface area contributed by atoms with E-state index >= 15 is 0 Å². The van der Waals surface area contributed by atoms with Crippen LogP contribution in [0, 0.1) is 19.8 Å². The first kappa shape index (κ1) is 67.2. The lowest BCUT2D eigenvalue weighted by molar-refractivity contribution is -0.125. The van der Waals surface area contributed by atoms with Gasteiger partial charge in [-0.2, -0.15) is 19.9 Å². The third-order valence-electron chi connectivity index (χ3n) is 18.8. The molecule has 0 aliphatic carbocycles. The average Bonchev–Trinajstić information content (AvgIpc) is 0.893. The second-order valence-corrected chi connectivity index (χ2v) is 29.5. The van der Waals surface area contributed by atoms with E-state index in [1.165, 1.54) is 37.8 Å². The van der Waals surface area contributed by atoms with Crippen molar-refractivity contribution in [3.8, 4) is 40.3 Å². The van der Waals surface area contributed by atoms with E-state index in [0.29, 0.717) is 48.2 Å². The van der Waals surface area contributed by atoms with Gasteiger partial charge in [0, 0.05) is 129 Å². The van der Waals surface area contributed by atoms with Crippen LogP contribution in [0.25, 0.3) is 55.2 Å². The van der Waals surface area contributed by atoms with Crippen LogP contribution in [-0.4, -0.2) is 179 Å². The minimum Gasteiger partial charge on any atom is -0.483 e. The summed E-state index contributed by atoms with van der Waals surface area (Å²) in [4.78, 5) is 65.9. The van der Waals surface area contributed by atoms with Crippen LogP contribution >= 0.6 is 50.3 Å². The molecule has 18 nitrogen and oxygen atoms in total. The number of amides is 2. The van der Waals surface area contributed by atoms with Crippen molar-refractivity contribution in [3.05, 3.63) is 97.5 Å². The van der Waals surface area contributed by atoms with E-state index in [0.717, 1.165) is 160 Å². The number of carbonyl (C=O) groups is 2. The SMILES string of the molecule is C=CC(=O)N1CCC(N(C)c2nc(OCC34CCCN3CC(I)C4)nc3c(C)c(-c4cccc5c4ccn5C)ncc23)C1.C=CC(=O)N1CCCC1.CC.Cc1ccc(OC(P)P)cc1-c1ncc2c(N(C)C)nc(OC[C@@]34CCCN3CC(C)C4)nc2c1P. The Bertz CT molecular complexity index is 3770.